The molecule has 0 aromatic carbocycles. The van der Waals surface area contributed by atoms with Gasteiger partial charge in [0.1, 0.15) is 5.69 Å². The number of amides is 2. The van der Waals surface area contributed by atoms with Crippen LogP contribution in [-0.2, 0) is 20.9 Å². The molecule has 194 valence electrons. The first-order chi connectivity index (χ1) is 16.4. The fourth-order valence-electron chi connectivity index (χ4n) is 5.53. The van der Waals surface area contributed by atoms with Crippen LogP contribution in [-0.4, -0.2) is 83.2 Å². The highest BCUT2D eigenvalue weighted by Crippen LogP contribution is 2.41. The van der Waals surface area contributed by atoms with Crippen molar-refractivity contribution in [3.05, 3.63) is 17.5 Å². The van der Waals surface area contributed by atoms with Crippen molar-refractivity contribution in [1.29, 1.82) is 0 Å². The third-order valence-electron chi connectivity index (χ3n) is 7.40. The molecule has 3 atom stereocenters. The summed E-state index contributed by atoms with van der Waals surface area (Å²) in [7, 11) is 0. The van der Waals surface area contributed by atoms with Crippen LogP contribution in [0.15, 0.2) is 6.07 Å². The summed E-state index contributed by atoms with van der Waals surface area (Å²) in [6, 6.07) is 1.58. The van der Waals surface area contributed by atoms with E-state index in [0.717, 1.165) is 6.54 Å². The highest BCUT2D eigenvalue weighted by Gasteiger charge is 2.43. The van der Waals surface area contributed by atoms with Crippen molar-refractivity contribution in [3.8, 4) is 0 Å². The van der Waals surface area contributed by atoms with Gasteiger partial charge in [0.15, 0.2) is 0 Å². The molecule has 2 saturated heterocycles. The maximum absolute atomic E-state index is 14.6. The molecular weight excluding hydrogens is 454 g/mol. The summed E-state index contributed by atoms with van der Waals surface area (Å²) in [5.41, 5.74) is 0.141. The Hall–Kier alpha value is -2.20. The standard InChI is InChI=1S/C25H38F2N6O2/c1-6-7-25(26,27)20-9-19-23(30-29-20)24(4,5)15-33(19)22(35)14-31-12-17(3)28-10-18(31)13-32-11-16(2)8-21(32)34/h9,16-18,28H,6-8,10-15H2,1-5H3/t16-,17-,18-/m1/s1. The predicted octanol–water partition coefficient (Wildman–Crippen LogP) is 2.52. The van der Waals surface area contributed by atoms with Crippen molar-refractivity contribution < 1.29 is 18.4 Å². The van der Waals surface area contributed by atoms with Gasteiger partial charge in [-0.15, -0.1) is 5.10 Å². The zero-order chi connectivity index (χ0) is 25.5. The van der Waals surface area contributed by atoms with E-state index in [1.807, 2.05) is 18.7 Å². The van der Waals surface area contributed by atoms with Crippen LogP contribution in [0.2, 0.25) is 0 Å². The molecule has 10 heteroatoms. The first kappa shape index (κ1) is 25.9. The first-order valence-corrected chi connectivity index (χ1v) is 12.7. The van der Waals surface area contributed by atoms with Crippen molar-refractivity contribution in [2.75, 3.05) is 44.2 Å². The fraction of sp³-hybridized carbons (Fsp3) is 0.760. The number of nitrogens with one attached hydrogen (secondary N) is 1. The van der Waals surface area contributed by atoms with Gasteiger partial charge in [0.05, 0.1) is 17.9 Å². The summed E-state index contributed by atoms with van der Waals surface area (Å²) in [6.07, 6.45) is 0.577. The third kappa shape index (κ3) is 5.33. The number of likely N-dealkylation sites (tertiary alicyclic amines) is 1. The number of piperazine rings is 1. The Bertz CT molecular complexity index is 971. The maximum Gasteiger partial charge on any atom is 0.291 e. The molecule has 4 heterocycles. The van der Waals surface area contributed by atoms with E-state index in [1.165, 1.54) is 6.07 Å². The van der Waals surface area contributed by atoms with Gasteiger partial charge in [0, 0.05) is 63.1 Å². The van der Waals surface area contributed by atoms with E-state index in [1.54, 1.807) is 11.8 Å². The predicted molar refractivity (Wildman–Crippen MR) is 129 cm³/mol. The molecule has 1 N–H and O–H groups in total. The van der Waals surface area contributed by atoms with Gasteiger partial charge in [-0.1, -0.05) is 34.1 Å². The highest BCUT2D eigenvalue weighted by atomic mass is 19.3. The summed E-state index contributed by atoms with van der Waals surface area (Å²) in [5, 5.41) is 11.5. The molecule has 8 nitrogen and oxygen atoms in total. The molecule has 3 aliphatic rings. The van der Waals surface area contributed by atoms with E-state index in [9.17, 15) is 18.4 Å². The van der Waals surface area contributed by atoms with E-state index in [0.29, 0.717) is 56.3 Å². The molecule has 3 aliphatic heterocycles. The number of alkyl halides is 2. The molecule has 2 amide bonds. The number of nitrogens with zero attached hydrogens (tertiary/aromatic N) is 5. The highest BCUT2D eigenvalue weighted by molar-refractivity contribution is 5.97. The second-order valence-electron chi connectivity index (χ2n) is 11.3. The minimum absolute atomic E-state index is 0.0134. The molecule has 4 rings (SSSR count). The molecule has 0 bridgehead atoms. The summed E-state index contributed by atoms with van der Waals surface area (Å²) in [4.78, 5) is 31.6. The summed E-state index contributed by atoms with van der Waals surface area (Å²) < 4.78 is 29.2. The van der Waals surface area contributed by atoms with Crippen LogP contribution in [0.4, 0.5) is 14.5 Å². The molecule has 0 radical (unpaired) electrons. The zero-order valence-corrected chi connectivity index (χ0v) is 21.5. The number of hydrogen-bond donors (Lipinski definition) is 1. The van der Waals surface area contributed by atoms with E-state index in [-0.39, 0.29) is 42.6 Å². The third-order valence-corrected chi connectivity index (χ3v) is 7.40. The number of aromatic nitrogens is 2. The van der Waals surface area contributed by atoms with Crippen molar-refractivity contribution >= 4 is 17.5 Å². The molecule has 35 heavy (non-hydrogen) atoms. The number of rotatable bonds is 7. The van der Waals surface area contributed by atoms with E-state index >= 15 is 0 Å². The van der Waals surface area contributed by atoms with Gasteiger partial charge in [-0.05, 0) is 18.9 Å². The Balaban J connectivity index is 1.54. The maximum atomic E-state index is 14.6. The second-order valence-corrected chi connectivity index (χ2v) is 11.3. The smallest absolute Gasteiger partial charge is 0.291 e. The largest absolute Gasteiger partial charge is 0.341 e. The van der Waals surface area contributed by atoms with Crippen LogP contribution >= 0.6 is 0 Å². The van der Waals surface area contributed by atoms with Crippen molar-refractivity contribution in [1.82, 2.24) is 25.3 Å². The molecular formula is C25H38F2N6O2. The summed E-state index contributed by atoms with van der Waals surface area (Å²) in [5.74, 6) is -2.72. The average Bonchev–Trinajstić information content (AvgIpc) is 3.24. The SMILES string of the molecule is CCCC(F)(F)c1cc2c(nn1)C(C)(C)CN2C(=O)CN1C[C@@H](C)NC[C@@H]1CN1C[C@H](C)CC1=O. The molecule has 1 aromatic heterocycles. The number of carbonyl (C=O) groups excluding carboxylic acids is 2. The summed E-state index contributed by atoms with van der Waals surface area (Å²) >= 11 is 0. The minimum atomic E-state index is -3.09. The normalized spacial score (nSPS) is 26.9. The van der Waals surface area contributed by atoms with Gasteiger partial charge in [0.2, 0.25) is 11.8 Å². The number of fused-ring (bicyclic) bond motifs is 1. The molecule has 0 unspecified atom stereocenters. The monoisotopic (exact) mass is 492 g/mol. The molecule has 2 fully saturated rings. The Morgan fingerprint density at radius 2 is 2.00 bits per heavy atom. The van der Waals surface area contributed by atoms with Gasteiger partial charge in [0.25, 0.3) is 5.92 Å². The number of anilines is 1. The lowest BCUT2D eigenvalue weighted by Crippen LogP contribution is -2.61. The van der Waals surface area contributed by atoms with E-state index in [2.05, 4.69) is 34.3 Å². The van der Waals surface area contributed by atoms with Crippen molar-refractivity contribution in [3.63, 3.8) is 0 Å². The Morgan fingerprint density at radius 1 is 1.26 bits per heavy atom. The number of halogens is 2. The van der Waals surface area contributed by atoms with Crippen LogP contribution in [0, 0.1) is 5.92 Å². The van der Waals surface area contributed by atoms with Crippen molar-refractivity contribution in [2.45, 2.75) is 77.3 Å². The van der Waals surface area contributed by atoms with Gasteiger partial charge >= 0.3 is 0 Å². The Morgan fingerprint density at radius 3 is 2.66 bits per heavy atom. The Labute approximate surface area is 206 Å². The summed E-state index contributed by atoms with van der Waals surface area (Å²) in [6.45, 7) is 13.0. The lowest BCUT2D eigenvalue weighted by molar-refractivity contribution is -0.128. The lowest BCUT2D eigenvalue weighted by atomic mass is 9.91. The molecule has 0 saturated carbocycles. The van der Waals surface area contributed by atoms with Gasteiger partial charge in [-0.25, -0.2) is 0 Å². The van der Waals surface area contributed by atoms with Gasteiger partial charge in [-0.3, -0.25) is 14.5 Å². The quantitative estimate of drug-likeness (QED) is 0.630. The fourth-order valence-corrected chi connectivity index (χ4v) is 5.53. The van der Waals surface area contributed by atoms with Crippen LogP contribution in [0.5, 0.6) is 0 Å². The molecule has 0 spiro atoms. The molecule has 1 aromatic rings. The molecule has 0 aliphatic carbocycles. The van der Waals surface area contributed by atoms with Crippen LogP contribution in [0.3, 0.4) is 0 Å². The van der Waals surface area contributed by atoms with Gasteiger partial charge in [-0.2, -0.15) is 13.9 Å². The Kier molecular flexibility index (Phi) is 7.16. The number of carbonyl (C=O) groups is 2. The van der Waals surface area contributed by atoms with E-state index < -0.39 is 11.3 Å². The zero-order valence-electron chi connectivity index (χ0n) is 21.5. The van der Waals surface area contributed by atoms with Crippen LogP contribution in [0.25, 0.3) is 0 Å². The second kappa shape index (κ2) is 9.69. The van der Waals surface area contributed by atoms with Gasteiger partial charge < -0.3 is 15.1 Å². The van der Waals surface area contributed by atoms with Crippen LogP contribution < -0.4 is 10.2 Å². The van der Waals surface area contributed by atoms with E-state index in [4.69, 9.17) is 0 Å². The lowest BCUT2D eigenvalue weighted by Gasteiger charge is -2.41. The van der Waals surface area contributed by atoms with Crippen molar-refractivity contribution in [2.24, 2.45) is 5.92 Å². The first-order valence-electron chi connectivity index (χ1n) is 12.7. The average molecular weight is 493 g/mol. The minimum Gasteiger partial charge on any atom is -0.341 e. The number of hydrogen-bond acceptors (Lipinski definition) is 6. The topological polar surface area (TPSA) is 81.7 Å². The van der Waals surface area contributed by atoms with Crippen LogP contribution in [0.1, 0.15) is 65.3 Å².